The van der Waals surface area contributed by atoms with Gasteiger partial charge in [0.2, 0.25) is 5.91 Å². The number of carboxylic acid groups (broad SMARTS) is 1. The largest absolute Gasteiger partial charge is 0.478 e. The van der Waals surface area contributed by atoms with E-state index in [9.17, 15) is 9.59 Å². The molecule has 0 spiro atoms. The van der Waals surface area contributed by atoms with Gasteiger partial charge < -0.3 is 10.4 Å². The molecule has 2 aromatic rings. The van der Waals surface area contributed by atoms with Gasteiger partial charge in [0.1, 0.15) is 0 Å². The Morgan fingerprint density at radius 3 is 2.65 bits per heavy atom. The molecule has 0 fully saturated rings. The number of pyridine rings is 1. The van der Waals surface area contributed by atoms with Crippen LogP contribution in [-0.4, -0.2) is 22.0 Å². The van der Waals surface area contributed by atoms with E-state index in [-0.39, 0.29) is 23.6 Å². The predicted molar refractivity (Wildman–Crippen MR) is 77.7 cm³/mol. The molecule has 2 N–H and O–H groups in total. The van der Waals surface area contributed by atoms with E-state index in [0.717, 1.165) is 0 Å². The van der Waals surface area contributed by atoms with Crippen LogP contribution in [0.3, 0.4) is 0 Å². The van der Waals surface area contributed by atoms with Crippen molar-refractivity contribution in [3.8, 4) is 0 Å². The molecule has 0 radical (unpaired) electrons. The van der Waals surface area contributed by atoms with Crippen molar-refractivity contribution >= 4 is 33.5 Å². The summed E-state index contributed by atoms with van der Waals surface area (Å²) in [5, 5.41) is 11.7. The maximum Gasteiger partial charge on any atom is 0.337 e. The molecule has 5 nitrogen and oxygen atoms in total. The Morgan fingerprint density at radius 2 is 2.00 bits per heavy atom. The van der Waals surface area contributed by atoms with Gasteiger partial charge in [-0.05, 0) is 40.2 Å². The third-order valence-corrected chi connectivity index (χ3v) is 3.24. The number of nitrogens with zero attached hydrogens (tertiary/aromatic N) is 1. The summed E-state index contributed by atoms with van der Waals surface area (Å²) in [5.41, 5.74) is 0.906. The minimum absolute atomic E-state index is 0.0359. The van der Waals surface area contributed by atoms with Gasteiger partial charge >= 0.3 is 5.97 Å². The van der Waals surface area contributed by atoms with Gasteiger partial charge in [-0.1, -0.05) is 12.1 Å². The van der Waals surface area contributed by atoms with Crippen molar-refractivity contribution in [1.29, 1.82) is 0 Å². The van der Waals surface area contributed by atoms with Gasteiger partial charge in [-0.25, -0.2) is 4.79 Å². The van der Waals surface area contributed by atoms with Crippen LogP contribution in [0.25, 0.3) is 0 Å². The van der Waals surface area contributed by atoms with E-state index in [0.29, 0.717) is 10.2 Å². The molecular weight excluding hydrogens is 324 g/mol. The van der Waals surface area contributed by atoms with Crippen LogP contribution in [0.4, 0.5) is 5.69 Å². The van der Waals surface area contributed by atoms with E-state index in [1.165, 1.54) is 6.07 Å². The van der Waals surface area contributed by atoms with Crippen LogP contribution in [0.2, 0.25) is 0 Å². The second-order valence-electron chi connectivity index (χ2n) is 4.01. The Kier molecular flexibility index (Phi) is 4.47. The van der Waals surface area contributed by atoms with E-state index in [1.54, 1.807) is 36.5 Å². The van der Waals surface area contributed by atoms with Crippen LogP contribution in [-0.2, 0) is 11.2 Å². The second kappa shape index (κ2) is 6.29. The zero-order valence-corrected chi connectivity index (χ0v) is 11.9. The number of rotatable bonds is 4. The number of amides is 1. The van der Waals surface area contributed by atoms with Gasteiger partial charge in [-0.2, -0.15) is 0 Å². The van der Waals surface area contributed by atoms with Crippen molar-refractivity contribution < 1.29 is 14.7 Å². The molecule has 1 heterocycles. The molecule has 1 aromatic carbocycles. The fourth-order valence-electron chi connectivity index (χ4n) is 1.68. The summed E-state index contributed by atoms with van der Waals surface area (Å²) in [6.45, 7) is 0. The summed E-state index contributed by atoms with van der Waals surface area (Å²) in [5.74, 6) is -1.42. The lowest BCUT2D eigenvalue weighted by Gasteiger charge is -2.10. The third-order valence-electron chi connectivity index (χ3n) is 2.58. The molecule has 102 valence electrons. The summed E-state index contributed by atoms with van der Waals surface area (Å²) in [6, 6.07) is 9.99. The zero-order chi connectivity index (χ0) is 14.5. The average Bonchev–Trinajstić information content (AvgIpc) is 2.42. The number of para-hydroxylation sites is 1. The number of benzene rings is 1. The van der Waals surface area contributed by atoms with Crippen LogP contribution in [0, 0.1) is 0 Å². The molecular formula is C14H11BrN2O3. The van der Waals surface area contributed by atoms with Crippen molar-refractivity contribution in [1.82, 2.24) is 4.98 Å². The molecule has 2 rings (SSSR count). The fraction of sp³-hybridized carbons (Fsp3) is 0.0714. The molecule has 0 unspecified atom stereocenters. The van der Waals surface area contributed by atoms with Crippen molar-refractivity contribution in [2.24, 2.45) is 0 Å². The molecule has 0 aliphatic rings. The van der Waals surface area contributed by atoms with Gasteiger partial charge in [0.25, 0.3) is 0 Å². The number of aromatic carboxylic acids is 1. The normalized spacial score (nSPS) is 10.1. The summed E-state index contributed by atoms with van der Waals surface area (Å²) in [4.78, 5) is 27.1. The predicted octanol–water partition coefficient (Wildman–Crippen LogP) is 2.72. The van der Waals surface area contributed by atoms with Crippen LogP contribution >= 0.6 is 15.9 Å². The SMILES string of the molecule is O=C(Cc1ccccn1)Nc1c(Br)cccc1C(=O)O. The first-order chi connectivity index (χ1) is 9.58. The molecule has 20 heavy (non-hydrogen) atoms. The number of aromatic nitrogens is 1. The van der Waals surface area contributed by atoms with E-state index >= 15 is 0 Å². The van der Waals surface area contributed by atoms with E-state index in [1.807, 2.05) is 0 Å². The molecule has 1 aromatic heterocycles. The lowest BCUT2D eigenvalue weighted by Crippen LogP contribution is -2.17. The van der Waals surface area contributed by atoms with Crippen molar-refractivity contribution in [3.63, 3.8) is 0 Å². The number of hydrogen-bond acceptors (Lipinski definition) is 3. The smallest absolute Gasteiger partial charge is 0.337 e. The Bertz CT molecular complexity index is 644. The highest BCUT2D eigenvalue weighted by Crippen LogP contribution is 2.26. The monoisotopic (exact) mass is 334 g/mol. The summed E-state index contributed by atoms with van der Waals surface area (Å²) < 4.78 is 0.520. The number of halogens is 1. The zero-order valence-electron chi connectivity index (χ0n) is 10.3. The molecule has 0 saturated carbocycles. The van der Waals surface area contributed by atoms with Gasteiger partial charge in [0, 0.05) is 16.4 Å². The van der Waals surface area contributed by atoms with E-state index in [4.69, 9.17) is 5.11 Å². The average molecular weight is 335 g/mol. The quantitative estimate of drug-likeness (QED) is 0.900. The lowest BCUT2D eigenvalue weighted by molar-refractivity contribution is -0.115. The lowest BCUT2D eigenvalue weighted by atomic mass is 10.1. The fourth-order valence-corrected chi connectivity index (χ4v) is 2.15. The summed E-state index contributed by atoms with van der Waals surface area (Å²) in [6.07, 6.45) is 1.69. The molecule has 6 heteroatoms. The standard InChI is InChI=1S/C14H11BrN2O3/c15-11-6-3-5-10(14(19)20)13(11)17-12(18)8-9-4-1-2-7-16-9/h1-7H,8H2,(H,17,18)(H,19,20). The Balaban J connectivity index is 2.18. The van der Waals surface area contributed by atoms with Crippen LogP contribution in [0.1, 0.15) is 16.1 Å². The molecule has 0 saturated heterocycles. The Hall–Kier alpha value is -2.21. The minimum Gasteiger partial charge on any atom is -0.478 e. The van der Waals surface area contributed by atoms with Gasteiger partial charge in [0.15, 0.2) is 0 Å². The highest BCUT2D eigenvalue weighted by atomic mass is 79.9. The first kappa shape index (κ1) is 14.2. The molecule has 0 atom stereocenters. The summed E-state index contributed by atoms with van der Waals surface area (Å²) >= 11 is 3.24. The molecule has 0 bridgehead atoms. The number of carboxylic acids is 1. The van der Waals surface area contributed by atoms with Gasteiger partial charge in [-0.15, -0.1) is 0 Å². The Labute approximate surface area is 123 Å². The maximum atomic E-state index is 11.9. The minimum atomic E-state index is -1.10. The van der Waals surface area contributed by atoms with Crippen LogP contribution in [0.5, 0.6) is 0 Å². The van der Waals surface area contributed by atoms with Crippen molar-refractivity contribution in [2.45, 2.75) is 6.42 Å². The van der Waals surface area contributed by atoms with Crippen LogP contribution < -0.4 is 5.32 Å². The third kappa shape index (κ3) is 3.42. The van der Waals surface area contributed by atoms with E-state index < -0.39 is 5.97 Å². The Morgan fingerprint density at radius 1 is 1.20 bits per heavy atom. The topological polar surface area (TPSA) is 79.3 Å². The first-order valence-corrected chi connectivity index (χ1v) is 6.59. The number of nitrogens with one attached hydrogen (secondary N) is 1. The molecule has 0 aliphatic heterocycles. The van der Waals surface area contributed by atoms with Crippen molar-refractivity contribution in [2.75, 3.05) is 5.32 Å². The summed E-state index contributed by atoms with van der Waals surface area (Å²) in [7, 11) is 0. The highest BCUT2D eigenvalue weighted by Gasteiger charge is 2.15. The molecule has 1 amide bonds. The second-order valence-corrected chi connectivity index (χ2v) is 4.87. The number of carbonyl (C=O) groups is 2. The van der Waals surface area contributed by atoms with Crippen LogP contribution in [0.15, 0.2) is 47.1 Å². The highest BCUT2D eigenvalue weighted by molar-refractivity contribution is 9.10. The van der Waals surface area contributed by atoms with Crippen molar-refractivity contribution in [3.05, 3.63) is 58.3 Å². The number of carbonyl (C=O) groups excluding carboxylic acids is 1. The molecule has 0 aliphatic carbocycles. The first-order valence-electron chi connectivity index (χ1n) is 5.79. The van der Waals surface area contributed by atoms with Gasteiger partial charge in [-0.3, -0.25) is 9.78 Å². The van der Waals surface area contributed by atoms with Gasteiger partial charge in [0.05, 0.1) is 17.7 Å². The van der Waals surface area contributed by atoms with E-state index in [2.05, 4.69) is 26.2 Å². The number of hydrogen-bond donors (Lipinski definition) is 2. The number of anilines is 1. The maximum absolute atomic E-state index is 11.9.